The molecule has 0 radical (unpaired) electrons. The van der Waals surface area contributed by atoms with Crippen LogP contribution in [0, 0.1) is 0 Å². The van der Waals surface area contributed by atoms with Crippen molar-refractivity contribution in [2.24, 2.45) is 0 Å². The van der Waals surface area contributed by atoms with E-state index in [0.29, 0.717) is 10.8 Å². The number of nitrogens with one attached hydrogen (secondary N) is 2. The summed E-state index contributed by atoms with van der Waals surface area (Å²) >= 11 is 0. The fourth-order valence-corrected chi connectivity index (χ4v) is 4.25. The Morgan fingerprint density at radius 1 is 0.613 bits per heavy atom. The topological polar surface area (TPSA) is 69.0 Å². The fraction of sp³-hybridized carbons (Fsp3) is 0.692. The molecule has 1 aromatic heterocycles. The molecule has 0 atom stereocenters. The number of benzene rings is 1. The van der Waals surface area contributed by atoms with Gasteiger partial charge in [-0.05, 0) is 31.0 Å². The molecule has 0 bridgehead atoms. The van der Waals surface area contributed by atoms with Crippen molar-refractivity contribution in [3.05, 3.63) is 38.9 Å². The molecular formula is C26H43N3O2. The van der Waals surface area contributed by atoms with E-state index in [-0.39, 0.29) is 11.1 Å². The van der Waals surface area contributed by atoms with Crippen molar-refractivity contribution < 1.29 is 0 Å². The molecule has 1 heterocycles. The number of H-pyrrole nitrogens is 2. The molecule has 0 unspecified atom stereocenters. The van der Waals surface area contributed by atoms with Gasteiger partial charge in [-0.1, -0.05) is 90.9 Å². The van der Waals surface area contributed by atoms with Crippen LogP contribution in [0.2, 0.25) is 0 Å². The van der Waals surface area contributed by atoms with Gasteiger partial charge < -0.3 is 4.90 Å². The van der Waals surface area contributed by atoms with Gasteiger partial charge in [-0.15, -0.1) is 0 Å². The Kier molecular flexibility index (Phi) is 12.1. The number of hydrogen-bond acceptors (Lipinski definition) is 3. The van der Waals surface area contributed by atoms with Crippen LogP contribution in [0.4, 0.5) is 5.69 Å². The highest BCUT2D eigenvalue weighted by Crippen LogP contribution is 2.20. The summed E-state index contributed by atoms with van der Waals surface area (Å²) in [6, 6.07) is 5.69. The Labute approximate surface area is 187 Å². The summed E-state index contributed by atoms with van der Waals surface area (Å²) in [7, 11) is 0. The summed E-state index contributed by atoms with van der Waals surface area (Å²) in [5.74, 6) is 0. The number of rotatable bonds is 17. The van der Waals surface area contributed by atoms with Crippen molar-refractivity contribution in [1.29, 1.82) is 0 Å². The summed E-state index contributed by atoms with van der Waals surface area (Å²) in [5.41, 5.74) is 0.579. The number of unbranched alkanes of at least 4 members (excludes halogenated alkanes) is 12. The van der Waals surface area contributed by atoms with E-state index in [0.717, 1.165) is 18.8 Å². The maximum atomic E-state index is 12.2. The minimum atomic E-state index is -0.244. The van der Waals surface area contributed by atoms with Gasteiger partial charge in [-0.3, -0.25) is 19.8 Å². The van der Waals surface area contributed by atoms with Gasteiger partial charge >= 0.3 is 0 Å². The van der Waals surface area contributed by atoms with Crippen LogP contribution in [0.3, 0.4) is 0 Å². The molecule has 1 aromatic carbocycles. The standard InChI is InChI=1S/C26H43N3O2/c1-3-5-7-9-11-13-15-19-29(20-16-14-12-10-8-6-4-2)22-17-18-23-24(21-22)26(31)28-27-25(23)30/h17-18,21H,3-16,19-20H2,1-2H3,(H,27,30)(H,28,31). The van der Waals surface area contributed by atoms with Crippen LogP contribution in [-0.2, 0) is 0 Å². The van der Waals surface area contributed by atoms with Gasteiger partial charge in [-0.25, -0.2) is 0 Å². The van der Waals surface area contributed by atoms with Crippen LogP contribution >= 0.6 is 0 Å². The molecule has 2 aromatic rings. The van der Waals surface area contributed by atoms with E-state index >= 15 is 0 Å². The van der Waals surface area contributed by atoms with E-state index in [1.807, 2.05) is 12.1 Å². The average Bonchev–Trinajstić information content (AvgIpc) is 2.78. The average molecular weight is 430 g/mol. The highest BCUT2D eigenvalue weighted by molar-refractivity contribution is 5.84. The third kappa shape index (κ3) is 8.92. The molecule has 0 amide bonds. The predicted octanol–water partition coefficient (Wildman–Crippen LogP) is 6.52. The molecule has 0 spiro atoms. The third-order valence-corrected chi connectivity index (χ3v) is 6.21. The second kappa shape index (κ2) is 14.9. The summed E-state index contributed by atoms with van der Waals surface area (Å²) in [5, 5.41) is 5.80. The van der Waals surface area contributed by atoms with Gasteiger partial charge in [0.1, 0.15) is 0 Å². The second-order valence-corrected chi connectivity index (χ2v) is 8.87. The highest BCUT2D eigenvalue weighted by Gasteiger charge is 2.10. The molecule has 0 saturated heterocycles. The quantitative estimate of drug-likeness (QED) is 0.281. The molecule has 2 N–H and O–H groups in total. The summed E-state index contributed by atoms with van der Waals surface area (Å²) in [4.78, 5) is 26.7. The molecule has 0 aliphatic rings. The van der Waals surface area contributed by atoms with Crippen molar-refractivity contribution in [3.8, 4) is 0 Å². The van der Waals surface area contributed by atoms with Crippen LogP contribution in [0.5, 0.6) is 0 Å². The lowest BCUT2D eigenvalue weighted by molar-refractivity contribution is 0.564. The maximum Gasteiger partial charge on any atom is 0.270 e. The number of fused-ring (bicyclic) bond motifs is 1. The van der Waals surface area contributed by atoms with Gasteiger partial charge in [0.15, 0.2) is 0 Å². The van der Waals surface area contributed by atoms with E-state index < -0.39 is 0 Å². The highest BCUT2D eigenvalue weighted by atomic mass is 16.1. The molecule has 0 aliphatic heterocycles. The minimum absolute atomic E-state index is 0.233. The smallest absolute Gasteiger partial charge is 0.270 e. The third-order valence-electron chi connectivity index (χ3n) is 6.21. The zero-order chi connectivity index (χ0) is 22.3. The van der Waals surface area contributed by atoms with Gasteiger partial charge in [0.05, 0.1) is 10.8 Å². The van der Waals surface area contributed by atoms with Crippen LogP contribution in [-0.4, -0.2) is 23.3 Å². The summed E-state index contributed by atoms with van der Waals surface area (Å²) in [6.45, 7) is 6.53. The summed E-state index contributed by atoms with van der Waals surface area (Å²) < 4.78 is 0. The molecular weight excluding hydrogens is 386 g/mol. The van der Waals surface area contributed by atoms with Gasteiger partial charge in [0, 0.05) is 18.8 Å². The monoisotopic (exact) mass is 429 g/mol. The zero-order valence-corrected chi connectivity index (χ0v) is 19.8. The Bertz CT molecular complexity index is 838. The minimum Gasteiger partial charge on any atom is -0.372 e. The van der Waals surface area contributed by atoms with Crippen molar-refractivity contribution in [1.82, 2.24) is 10.2 Å². The zero-order valence-electron chi connectivity index (χ0n) is 19.8. The molecule has 174 valence electrons. The Morgan fingerprint density at radius 3 is 1.58 bits per heavy atom. The van der Waals surface area contributed by atoms with E-state index in [9.17, 15) is 9.59 Å². The number of hydrogen-bond donors (Lipinski definition) is 2. The van der Waals surface area contributed by atoms with Crippen LogP contribution < -0.4 is 16.0 Å². The number of anilines is 1. The molecule has 5 heteroatoms. The lowest BCUT2D eigenvalue weighted by atomic mass is 10.1. The SMILES string of the molecule is CCCCCCCCCN(CCCCCCCCC)c1ccc2c(=O)[nH][nH]c(=O)c2c1. The van der Waals surface area contributed by atoms with Crippen molar-refractivity contribution >= 4 is 16.5 Å². The van der Waals surface area contributed by atoms with Crippen molar-refractivity contribution in [2.75, 3.05) is 18.0 Å². The van der Waals surface area contributed by atoms with Crippen LogP contribution in [0.25, 0.3) is 10.8 Å². The largest absolute Gasteiger partial charge is 0.372 e. The van der Waals surface area contributed by atoms with E-state index in [1.165, 1.54) is 89.9 Å². The van der Waals surface area contributed by atoms with Gasteiger partial charge in [0.2, 0.25) is 0 Å². The number of aromatic nitrogens is 2. The predicted molar refractivity (Wildman–Crippen MR) is 133 cm³/mol. The molecule has 31 heavy (non-hydrogen) atoms. The van der Waals surface area contributed by atoms with Gasteiger partial charge in [0.25, 0.3) is 11.1 Å². The molecule has 0 saturated carbocycles. The normalized spacial score (nSPS) is 11.3. The first-order valence-electron chi connectivity index (χ1n) is 12.7. The number of nitrogens with zero attached hydrogens (tertiary/aromatic N) is 1. The lowest BCUT2D eigenvalue weighted by Crippen LogP contribution is -2.26. The summed E-state index contributed by atoms with van der Waals surface area (Å²) in [6.07, 6.45) is 18.1. The van der Waals surface area contributed by atoms with Crippen molar-refractivity contribution in [2.45, 2.75) is 104 Å². The lowest BCUT2D eigenvalue weighted by Gasteiger charge is -2.25. The molecule has 5 nitrogen and oxygen atoms in total. The first-order valence-corrected chi connectivity index (χ1v) is 12.7. The Balaban J connectivity index is 1.96. The van der Waals surface area contributed by atoms with Crippen LogP contribution in [0.1, 0.15) is 104 Å². The molecule has 0 aliphatic carbocycles. The first kappa shape index (κ1) is 25.2. The van der Waals surface area contributed by atoms with E-state index in [4.69, 9.17) is 0 Å². The Hall–Kier alpha value is -2.04. The number of aromatic amines is 2. The van der Waals surface area contributed by atoms with Crippen molar-refractivity contribution in [3.63, 3.8) is 0 Å². The molecule has 0 fully saturated rings. The molecule has 2 rings (SSSR count). The Morgan fingerprint density at radius 2 is 1.06 bits per heavy atom. The van der Waals surface area contributed by atoms with E-state index in [1.54, 1.807) is 6.07 Å². The second-order valence-electron chi connectivity index (χ2n) is 8.87. The fourth-order valence-electron chi connectivity index (χ4n) is 4.25. The first-order chi connectivity index (χ1) is 15.2. The van der Waals surface area contributed by atoms with Gasteiger partial charge in [-0.2, -0.15) is 0 Å². The maximum absolute atomic E-state index is 12.2. The van der Waals surface area contributed by atoms with E-state index in [2.05, 4.69) is 28.9 Å². The van der Waals surface area contributed by atoms with Crippen LogP contribution in [0.15, 0.2) is 27.8 Å².